The van der Waals surface area contributed by atoms with E-state index in [-0.39, 0.29) is 23.0 Å². The van der Waals surface area contributed by atoms with Crippen molar-refractivity contribution >= 4 is 27.5 Å². The van der Waals surface area contributed by atoms with Gasteiger partial charge in [0.25, 0.3) is 10.0 Å². The summed E-state index contributed by atoms with van der Waals surface area (Å²) in [7, 11) is -4.17. The average Bonchev–Trinajstić information content (AvgIpc) is 2.86. The molecule has 208 valence electrons. The molecule has 0 bridgehead atoms. The normalized spacial score (nSPS) is 12.2. The number of hydrogen-bond donors (Lipinski definition) is 1. The summed E-state index contributed by atoms with van der Waals surface area (Å²) in [6.07, 6.45) is 0. The highest BCUT2D eigenvalue weighted by Crippen LogP contribution is 2.28. The van der Waals surface area contributed by atoms with Crippen LogP contribution < -0.4 is 9.62 Å². The summed E-state index contributed by atoms with van der Waals surface area (Å²) >= 11 is 0. The molecule has 0 saturated carbocycles. The molecular formula is C30H36FN3O4S. The van der Waals surface area contributed by atoms with Crippen LogP contribution in [0.2, 0.25) is 0 Å². The number of nitrogens with one attached hydrogen (secondary N) is 1. The van der Waals surface area contributed by atoms with Gasteiger partial charge in [-0.1, -0.05) is 53.6 Å². The second-order valence-corrected chi connectivity index (χ2v) is 11.9. The Kier molecular flexibility index (Phi) is 9.50. The second-order valence-electron chi connectivity index (χ2n) is 10.1. The molecule has 9 heteroatoms. The fraction of sp³-hybridized carbons (Fsp3) is 0.333. The van der Waals surface area contributed by atoms with Gasteiger partial charge in [0.05, 0.1) is 10.6 Å². The molecule has 0 radical (unpaired) electrons. The van der Waals surface area contributed by atoms with E-state index in [2.05, 4.69) is 5.32 Å². The highest BCUT2D eigenvalue weighted by molar-refractivity contribution is 7.92. The number of rotatable bonds is 10. The molecule has 0 saturated heterocycles. The van der Waals surface area contributed by atoms with Crippen LogP contribution in [0.5, 0.6) is 0 Å². The lowest BCUT2D eigenvalue weighted by atomic mass is 10.1. The van der Waals surface area contributed by atoms with E-state index in [0.717, 1.165) is 15.4 Å². The Morgan fingerprint density at radius 3 is 2.10 bits per heavy atom. The maximum absolute atomic E-state index is 14.6. The predicted molar refractivity (Wildman–Crippen MR) is 151 cm³/mol. The van der Waals surface area contributed by atoms with Gasteiger partial charge in [-0.15, -0.1) is 0 Å². The quantitative estimate of drug-likeness (QED) is 0.387. The van der Waals surface area contributed by atoms with Gasteiger partial charge in [0, 0.05) is 18.2 Å². The van der Waals surface area contributed by atoms with Crippen molar-refractivity contribution in [1.29, 1.82) is 0 Å². The summed E-state index contributed by atoms with van der Waals surface area (Å²) in [6.45, 7) is 9.88. The van der Waals surface area contributed by atoms with Crippen molar-refractivity contribution in [2.24, 2.45) is 0 Å². The van der Waals surface area contributed by atoms with Gasteiger partial charge in [-0.2, -0.15) is 0 Å². The van der Waals surface area contributed by atoms with Crippen LogP contribution in [0.3, 0.4) is 0 Å². The molecule has 2 amide bonds. The van der Waals surface area contributed by atoms with Crippen LogP contribution in [0.15, 0.2) is 71.6 Å². The van der Waals surface area contributed by atoms with Gasteiger partial charge < -0.3 is 10.2 Å². The monoisotopic (exact) mass is 553 g/mol. The third kappa shape index (κ3) is 7.23. The average molecular weight is 554 g/mol. The molecule has 0 spiro atoms. The summed E-state index contributed by atoms with van der Waals surface area (Å²) < 4.78 is 43.5. The zero-order valence-electron chi connectivity index (χ0n) is 23.2. The largest absolute Gasteiger partial charge is 0.352 e. The number of carbonyl (C=O) groups is 2. The van der Waals surface area contributed by atoms with E-state index in [4.69, 9.17) is 0 Å². The predicted octanol–water partition coefficient (Wildman–Crippen LogP) is 4.89. The minimum Gasteiger partial charge on any atom is -0.352 e. The van der Waals surface area contributed by atoms with Gasteiger partial charge in [-0.3, -0.25) is 13.9 Å². The van der Waals surface area contributed by atoms with Gasteiger partial charge in [-0.25, -0.2) is 12.8 Å². The summed E-state index contributed by atoms with van der Waals surface area (Å²) in [5, 5.41) is 2.78. The van der Waals surface area contributed by atoms with Crippen LogP contribution in [-0.2, 0) is 26.2 Å². The van der Waals surface area contributed by atoms with Crippen molar-refractivity contribution in [1.82, 2.24) is 10.2 Å². The van der Waals surface area contributed by atoms with E-state index in [0.29, 0.717) is 11.3 Å². The molecule has 1 N–H and O–H groups in total. The Morgan fingerprint density at radius 2 is 1.51 bits per heavy atom. The first-order chi connectivity index (χ1) is 18.3. The third-order valence-corrected chi connectivity index (χ3v) is 8.18. The van der Waals surface area contributed by atoms with Crippen LogP contribution >= 0.6 is 0 Å². The first-order valence-corrected chi connectivity index (χ1v) is 14.2. The number of benzene rings is 3. The van der Waals surface area contributed by atoms with Crippen LogP contribution in [0.25, 0.3) is 0 Å². The number of nitrogens with zero attached hydrogens (tertiary/aromatic N) is 2. The van der Waals surface area contributed by atoms with E-state index >= 15 is 0 Å². The van der Waals surface area contributed by atoms with Gasteiger partial charge in [-0.05, 0) is 71.4 Å². The number of anilines is 1. The molecule has 0 fully saturated rings. The maximum Gasteiger partial charge on any atom is 0.264 e. The molecule has 0 aliphatic rings. The number of amides is 2. The molecule has 3 rings (SSSR count). The zero-order chi connectivity index (χ0) is 28.9. The number of hydrogen-bond acceptors (Lipinski definition) is 4. The van der Waals surface area contributed by atoms with Crippen molar-refractivity contribution in [2.45, 2.75) is 65.1 Å². The third-order valence-electron chi connectivity index (χ3n) is 6.41. The summed E-state index contributed by atoms with van der Waals surface area (Å²) in [5.41, 5.74) is 3.07. The lowest BCUT2D eigenvalue weighted by Crippen LogP contribution is -2.52. The highest BCUT2D eigenvalue weighted by Gasteiger charge is 2.33. The highest BCUT2D eigenvalue weighted by atomic mass is 32.2. The van der Waals surface area contributed by atoms with Gasteiger partial charge >= 0.3 is 0 Å². The number of aryl methyl sites for hydroxylation is 3. The molecular weight excluding hydrogens is 517 g/mol. The second kappa shape index (κ2) is 12.4. The van der Waals surface area contributed by atoms with Crippen LogP contribution in [0, 0.1) is 26.6 Å². The molecule has 1 unspecified atom stereocenters. The maximum atomic E-state index is 14.6. The van der Waals surface area contributed by atoms with Crippen molar-refractivity contribution < 1.29 is 22.4 Å². The van der Waals surface area contributed by atoms with Crippen molar-refractivity contribution in [3.05, 3.63) is 94.8 Å². The molecule has 3 aromatic carbocycles. The number of carbonyl (C=O) groups excluding carboxylic acids is 2. The van der Waals surface area contributed by atoms with Gasteiger partial charge in [0.15, 0.2) is 0 Å². The lowest BCUT2D eigenvalue weighted by Gasteiger charge is -2.33. The van der Waals surface area contributed by atoms with Crippen LogP contribution in [0.4, 0.5) is 10.1 Å². The summed E-state index contributed by atoms with van der Waals surface area (Å²) in [6, 6.07) is 16.5. The van der Waals surface area contributed by atoms with Crippen molar-refractivity contribution in [3.63, 3.8) is 0 Å². The van der Waals surface area contributed by atoms with Gasteiger partial charge in [0.1, 0.15) is 18.4 Å². The fourth-order valence-corrected chi connectivity index (χ4v) is 5.71. The number of halogens is 1. The standard InChI is InChI=1S/C30H36FN3O4S/c1-20(2)32-30(36)24(6)33(18-25-9-7-8-10-27(25)31)29(35)19-34(28-16-13-22(4)17-23(28)5)39(37,38)26-14-11-21(3)12-15-26/h7-17,20,24H,18-19H2,1-6H3,(H,32,36). The van der Waals surface area contributed by atoms with Crippen LogP contribution in [0.1, 0.15) is 43.0 Å². The molecule has 0 aliphatic heterocycles. The Balaban J connectivity index is 2.08. The smallest absolute Gasteiger partial charge is 0.264 e. The Labute approximate surface area is 230 Å². The van der Waals surface area contributed by atoms with Gasteiger partial charge in [0.2, 0.25) is 11.8 Å². The van der Waals surface area contributed by atoms with Crippen LogP contribution in [-0.4, -0.2) is 43.8 Å². The molecule has 7 nitrogen and oxygen atoms in total. The van der Waals surface area contributed by atoms with E-state index in [9.17, 15) is 22.4 Å². The molecule has 3 aromatic rings. The molecule has 1 atom stereocenters. The Hall–Kier alpha value is -3.72. The minimum absolute atomic E-state index is 0.0344. The Morgan fingerprint density at radius 1 is 0.897 bits per heavy atom. The van der Waals surface area contributed by atoms with E-state index in [1.165, 1.54) is 35.2 Å². The number of sulfonamides is 1. The van der Waals surface area contributed by atoms with E-state index < -0.39 is 40.2 Å². The summed E-state index contributed by atoms with van der Waals surface area (Å²) in [5.74, 6) is -1.58. The van der Waals surface area contributed by atoms with Crippen molar-refractivity contribution in [2.75, 3.05) is 10.8 Å². The first-order valence-electron chi connectivity index (χ1n) is 12.8. The Bertz CT molecular complexity index is 1440. The van der Waals surface area contributed by atoms with E-state index in [1.807, 2.05) is 19.9 Å². The first kappa shape index (κ1) is 29.8. The fourth-order valence-electron chi connectivity index (χ4n) is 4.23. The van der Waals surface area contributed by atoms with E-state index in [1.54, 1.807) is 58.0 Å². The lowest BCUT2D eigenvalue weighted by molar-refractivity contribution is -0.139. The molecule has 39 heavy (non-hydrogen) atoms. The molecule has 0 aromatic heterocycles. The SMILES string of the molecule is Cc1ccc(S(=O)(=O)N(CC(=O)N(Cc2ccccc2F)C(C)C(=O)NC(C)C)c2ccc(C)cc2C)cc1. The topological polar surface area (TPSA) is 86.8 Å². The van der Waals surface area contributed by atoms with Crippen molar-refractivity contribution in [3.8, 4) is 0 Å². The summed E-state index contributed by atoms with van der Waals surface area (Å²) in [4.78, 5) is 28.1. The zero-order valence-corrected chi connectivity index (χ0v) is 24.0. The molecule has 0 aliphatic carbocycles. The molecule has 0 heterocycles. The minimum atomic E-state index is -4.17.